The second kappa shape index (κ2) is 6.94. The molecule has 7 nitrogen and oxygen atoms in total. The second-order valence-electron chi connectivity index (χ2n) is 5.96. The zero-order valence-corrected chi connectivity index (χ0v) is 15.1. The summed E-state index contributed by atoms with van der Waals surface area (Å²) in [4.78, 5) is 23.4. The van der Waals surface area contributed by atoms with E-state index in [-0.39, 0.29) is 11.7 Å². The molecule has 1 saturated carbocycles. The molecule has 0 saturated heterocycles. The molecule has 9 heteroatoms. The monoisotopic (exact) mass is 365 g/mol. The Labute approximate surface area is 148 Å². The maximum atomic E-state index is 12.2. The van der Waals surface area contributed by atoms with Crippen LogP contribution in [0.1, 0.15) is 54.8 Å². The molecule has 0 aromatic carbocycles. The smallest absolute Gasteiger partial charge is 0.251 e. The summed E-state index contributed by atoms with van der Waals surface area (Å²) in [6.07, 6.45) is 2.27. The van der Waals surface area contributed by atoms with Crippen LogP contribution in [0.25, 0.3) is 0 Å². The van der Waals surface area contributed by atoms with Gasteiger partial charge in [-0.1, -0.05) is 25.6 Å². The van der Waals surface area contributed by atoms with Crippen LogP contribution in [0.5, 0.6) is 0 Å². The lowest BCUT2D eigenvalue weighted by Gasteiger charge is -2.10. The minimum Gasteiger partial charge on any atom is -0.366 e. The highest BCUT2D eigenvalue weighted by Gasteiger charge is 2.30. The van der Waals surface area contributed by atoms with Gasteiger partial charge in [-0.2, -0.15) is 0 Å². The highest BCUT2D eigenvalue weighted by molar-refractivity contribution is 7.99. The maximum absolute atomic E-state index is 12.2. The van der Waals surface area contributed by atoms with E-state index in [1.54, 1.807) is 11.4 Å². The summed E-state index contributed by atoms with van der Waals surface area (Å²) in [7, 11) is 0. The molecule has 3 N–H and O–H groups in total. The number of thiophene rings is 1. The average molecular weight is 365 g/mol. The number of aromatic nitrogens is 3. The molecule has 1 aliphatic carbocycles. The Bertz CT molecular complexity index is 764. The van der Waals surface area contributed by atoms with Crippen LogP contribution in [-0.4, -0.2) is 32.3 Å². The molecule has 2 aromatic heterocycles. The van der Waals surface area contributed by atoms with E-state index in [1.165, 1.54) is 23.1 Å². The summed E-state index contributed by atoms with van der Waals surface area (Å²) in [6.45, 7) is 4.18. The minimum absolute atomic E-state index is 0.193. The van der Waals surface area contributed by atoms with E-state index in [0.29, 0.717) is 22.5 Å². The topological polar surface area (TPSA) is 103 Å². The number of amides is 2. The Morgan fingerprint density at radius 2 is 2.21 bits per heavy atom. The molecular weight excluding hydrogens is 346 g/mol. The predicted molar refractivity (Wildman–Crippen MR) is 94.6 cm³/mol. The number of carbonyl (C=O) groups excluding carboxylic acids is 2. The van der Waals surface area contributed by atoms with Crippen molar-refractivity contribution in [2.45, 2.75) is 43.8 Å². The first-order chi connectivity index (χ1) is 11.5. The first-order valence-corrected chi connectivity index (χ1v) is 9.58. The Hall–Kier alpha value is -1.87. The van der Waals surface area contributed by atoms with E-state index in [0.717, 1.165) is 23.8 Å². The molecule has 3 rings (SSSR count). The zero-order valence-electron chi connectivity index (χ0n) is 13.5. The van der Waals surface area contributed by atoms with E-state index in [2.05, 4.69) is 33.9 Å². The van der Waals surface area contributed by atoms with Gasteiger partial charge in [-0.3, -0.25) is 9.59 Å². The van der Waals surface area contributed by atoms with Crippen LogP contribution in [0, 0.1) is 0 Å². The van der Waals surface area contributed by atoms with Gasteiger partial charge >= 0.3 is 0 Å². The van der Waals surface area contributed by atoms with Gasteiger partial charge in [-0.25, -0.2) is 0 Å². The highest BCUT2D eigenvalue weighted by Crippen LogP contribution is 2.40. The standard InChI is InChI=1S/C15H19N5O2S2/c1-8(2)13-18-19-15(20(13)9-3-4-9)24-7-11(21)17-14-10(12(16)22)5-6-23-14/h5-6,8-9H,3-4,7H2,1-2H3,(H2,16,22)(H,17,21). The van der Waals surface area contributed by atoms with Crippen molar-refractivity contribution in [1.29, 1.82) is 0 Å². The molecule has 24 heavy (non-hydrogen) atoms. The van der Waals surface area contributed by atoms with Gasteiger partial charge in [0.1, 0.15) is 10.8 Å². The average Bonchev–Trinajstić information content (AvgIpc) is 3.09. The van der Waals surface area contributed by atoms with Crippen LogP contribution in [0.3, 0.4) is 0 Å². The second-order valence-corrected chi connectivity index (χ2v) is 7.82. The summed E-state index contributed by atoms with van der Waals surface area (Å²) in [5, 5.41) is 14.2. The maximum Gasteiger partial charge on any atom is 0.251 e. The number of carbonyl (C=O) groups is 2. The molecule has 0 spiro atoms. The van der Waals surface area contributed by atoms with Crippen molar-refractivity contribution in [3.8, 4) is 0 Å². The van der Waals surface area contributed by atoms with Gasteiger partial charge in [0.2, 0.25) is 5.91 Å². The minimum atomic E-state index is -0.547. The van der Waals surface area contributed by atoms with Gasteiger partial charge < -0.3 is 15.6 Å². The van der Waals surface area contributed by atoms with Crippen molar-refractivity contribution in [2.24, 2.45) is 5.73 Å². The largest absolute Gasteiger partial charge is 0.366 e. The van der Waals surface area contributed by atoms with Crippen molar-refractivity contribution < 1.29 is 9.59 Å². The lowest BCUT2D eigenvalue weighted by molar-refractivity contribution is -0.113. The number of nitrogens with two attached hydrogens (primary N) is 1. The van der Waals surface area contributed by atoms with Gasteiger partial charge in [-0.05, 0) is 24.3 Å². The third-order valence-corrected chi connectivity index (χ3v) is 5.41. The predicted octanol–water partition coefficient (Wildman–Crippen LogP) is 2.63. The molecule has 0 atom stereocenters. The van der Waals surface area contributed by atoms with Crippen LogP contribution in [0.2, 0.25) is 0 Å². The summed E-state index contributed by atoms with van der Waals surface area (Å²) in [5.74, 6) is 0.731. The van der Waals surface area contributed by atoms with E-state index in [1.807, 2.05) is 0 Å². The first-order valence-electron chi connectivity index (χ1n) is 7.72. The van der Waals surface area contributed by atoms with E-state index >= 15 is 0 Å². The first kappa shape index (κ1) is 17.0. The normalized spacial score (nSPS) is 14.1. The number of rotatable bonds is 7. The fourth-order valence-corrected chi connectivity index (χ4v) is 3.97. The molecule has 0 bridgehead atoms. The molecule has 2 heterocycles. The number of hydrogen-bond donors (Lipinski definition) is 2. The quantitative estimate of drug-likeness (QED) is 0.734. The molecular formula is C15H19N5O2S2. The number of nitrogens with one attached hydrogen (secondary N) is 1. The molecule has 0 aliphatic heterocycles. The molecule has 2 amide bonds. The third-order valence-electron chi connectivity index (χ3n) is 3.64. The molecule has 0 radical (unpaired) electrons. The van der Waals surface area contributed by atoms with Crippen LogP contribution < -0.4 is 11.1 Å². The molecule has 1 aliphatic rings. The van der Waals surface area contributed by atoms with Gasteiger partial charge in [-0.15, -0.1) is 21.5 Å². The van der Waals surface area contributed by atoms with E-state index in [4.69, 9.17) is 5.73 Å². The number of nitrogens with zero attached hydrogens (tertiary/aromatic N) is 3. The van der Waals surface area contributed by atoms with Crippen molar-refractivity contribution in [1.82, 2.24) is 14.8 Å². The van der Waals surface area contributed by atoms with Gasteiger partial charge in [0, 0.05) is 12.0 Å². The fraction of sp³-hybridized carbons (Fsp3) is 0.467. The van der Waals surface area contributed by atoms with Gasteiger partial charge in [0.15, 0.2) is 5.16 Å². The molecule has 1 fully saturated rings. The zero-order chi connectivity index (χ0) is 17.3. The van der Waals surface area contributed by atoms with Crippen LogP contribution >= 0.6 is 23.1 Å². The molecule has 0 unspecified atom stereocenters. The van der Waals surface area contributed by atoms with Crippen LogP contribution in [0.4, 0.5) is 5.00 Å². The summed E-state index contributed by atoms with van der Waals surface area (Å²) in [5.41, 5.74) is 5.62. The summed E-state index contributed by atoms with van der Waals surface area (Å²) < 4.78 is 2.16. The Morgan fingerprint density at radius 3 is 2.83 bits per heavy atom. The van der Waals surface area contributed by atoms with Crippen molar-refractivity contribution in [3.05, 3.63) is 22.8 Å². The number of hydrogen-bond acceptors (Lipinski definition) is 6. The lowest BCUT2D eigenvalue weighted by Crippen LogP contribution is -2.18. The van der Waals surface area contributed by atoms with Gasteiger partial charge in [0.25, 0.3) is 5.91 Å². The van der Waals surface area contributed by atoms with E-state index < -0.39 is 5.91 Å². The highest BCUT2D eigenvalue weighted by atomic mass is 32.2. The summed E-state index contributed by atoms with van der Waals surface area (Å²) in [6, 6.07) is 2.07. The SMILES string of the molecule is CC(C)c1nnc(SCC(=O)Nc2sccc2C(N)=O)n1C1CC1. The van der Waals surface area contributed by atoms with Crippen LogP contribution in [0.15, 0.2) is 16.6 Å². The molecule has 128 valence electrons. The third kappa shape index (κ3) is 3.62. The fourth-order valence-electron chi connectivity index (χ4n) is 2.35. The summed E-state index contributed by atoms with van der Waals surface area (Å²) >= 11 is 2.64. The molecule has 2 aromatic rings. The Balaban J connectivity index is 1.64. The van der Waals surface area contributed by atoms with Crippen LogP contribution in [-0.2, 0) is 4.79 Å². The lowest BCUT2D eigenvalue weighted by atomic mass is 10.2. The number of anilines is 1. The Kier molecular flexibility index (Phi) is 4.91. The number of thioether (sulfide) groups is 1. The Morgan fingerprint density at radius 1 is 1.46 bits per heavy atom. The number of primary amides is 1. The van der Waals surface area contributed by atoms with Gasteiger partial charge in [0.05, 0.1) is 11.3 Å². The van der Waals surface area contributed by atoms with E-state index in [9.17, 15) is 9.59 Å². The van der Waals surface area contributed by atoms with Crippen molar-refractivity contribution >= 4 is 39.9 Å². The van der Waals surface area contributed by atoms with Crippen molar-refractivity contribution in [3.63, 3.8) is 0 Å². The van der Waals surface area contributed by atoms with Crippen molar-refractivity contribution in [2.75, 3.05) is 11.1 Å².